The highest BCUT2D eigenvalue weighted by Gasteiger charge is 2.14. The van der Waals surface area contributed by atoms with E-state index in [1.54, 1.807) is 0 Å². The molecule has 6 heteroatoms. The van der Waals surface area contributed by atoms with Gasteiger partial charge in [0.15, 0.2) is 0 Å². The van der Waals surface area contributed by atoms with Crippen molar-refractivity contribution in [1.82, 2.24) is 4.90 Å². The smallest absolute Gasteiger partial charge is 0.221 e. The largest absolute Gasteiger partial charge is 0.390 e. The van der Waals surface area contributed by atoms with Crippen LogP contribution < -0.4 is 10.6 Å². The van der Waals surface area contributed by atoms with Crippen molar-refractivity contribution < 1.29 is 14.6 Å². The van der Waals surface area contributed by atoms with Gasteiger partial charge in [-0.25, -0.2) is 0 Å². The van der Waals surface area contributed by atoms with E-state index in [1.165, 1.54) is 6.92 Å². The molecule has 0 saturated carbocycles. The van der Waals surface area contributed by atoms with Crippen LogP contribution in [0.2, 0.25) is 0 Å². The molecule has 0 radical (unpaired) electrons. The van der Waals surface area contributed by atoms with Crippen LogP contribution in [-0.4, -0.2) is 61.4 Å². The standard InChI is InChI=1S/C15H23N3O3/c1-12(19)17-14-4-2-3-13(9-14)16-10-15(20)11-18-5-7-21-8-6-18/h2-4,9,15-16,20H,5-8,10-11H2,1H3,(H,17,19). The molecule has 1 unspecified atom stereocenters. The number of morpholine rings is 1. The minimum absolute atomic E-state index is 0.0977. The lowest BCUT2D eigenvalue weighted by molar-refractivity contribution is -0.114. The van der Waals surface area contributed by atoms with Crippen molar-refractivity contribution in [3.63, 3.8) is 0 Å². The second kappa shape index (κ2) is 7.97. The van der Waals surface area contributed by atoms with Crippen LogP contribution in [0.5, 0.6) is 0 Å². The number of amides is 1. The van der Waals surface area contributed by atoms with Gasteiger partial charge in [-0.05, 0) is 18.2 Å². The Hall–Kier alpha value is -1.63. The number of rotatable bonds is 6. The van der Waals surface area contributed by atoms with E-state index in [0.29, 0.717) is 13.1 Å². The van der Waals surface area contributed by atoms with Crippen molar-refractivity contribution in [2.75, 3.05) is 50.0 Å². The fourth-order valence-electron chi connectivity index (χ4n) is 2.29. The van der Waals surface area contributed by atoms with E-state index in [9.17, 15) is 9.90 Å². The first kappa shape index (κ1) is 15.8. The van der Waals surface area contributed by atoms with Crippen molar-refractivity contribution in [2.24, 2.45) is 0 Å². The topological polar surface area (TPSA) is 73.8 Å². The van der Waals surface area contributed by atoms with Gasteiger partial charge >= 0.3 is 0 Å². The molecule has 1 saturated heterocycles. The number of hydrogen-bond acceptors (Lipinski definition) is 5. The fraction of sp³-hybridized carbons (Fsp3) is 0.533. The number of aliphatic hydroxyl groups excluding tert-OH is 1. The third-order valence-electron chi connectivity index (χ3n) is 3.30. The van der Waals surface area contributed by atoms with Gasteiger partial charge in [-0.2, -0.15) is 0 Å². The van der Waals surface area contributed by atoms with E-state index < -0.39 is 6.10 Å². The third-order valence-corrected chi connectivity index (χ3v) is 3.30. The summed E-state index contributed by atoms with van der Waals surface area (Å²) in [6, 6.07) is 7.45. The normalized spacial score (nSPS) is 17.2. The van der Waals surface area contributed by atoms with Crippen LogP contribution in [0.25, 0.3) is 0 Å². The molecular weight excluding hydrogens is 270 g/mol. The van der Waals surface area contributed by atoms with E-state index in [2.05, 4.69) is 15.5 Å². The molecule has 1 atom stereocenters. The van der Waals surface area contributed by atoms with Crippen LogP contribution in [-0.2, 0) is 9.53 Å². The molecule has 3 N–H and O–H groups in total. The molecule has 0 bridgehead atoms. The molecule has 6 nitrogen and oxygen atoms in total. The lowest BCUT2D eigenvalue weighted by Crippen LogP contribution is -2.42. The van der Waals surface area contributed by atoms with Gasteiger partial charge in [0.2, 0.25) is 5.91 Å². The first-order chi connectivity index (χ1) is 10.1. The molecule has 21 heavy (non-hydrogen) atoms. The molecule has 0 aliphatic carbocycles. The summed E-state index contributed by atoms with van der Waals surface area (Å²) in [4.78, 5) is 13.2. The molecule has 1 amide bonds. The maximum atomic E-state index is 11.0. The van der Waals surface area contributed by atoms with Crippen molar-refractivity contribution >= 4 is 17.3 Å². The Morgan fingerprint density at radius 2 is 2.10 bits per heavy atom. The summed E-state index contributed by atoms with van der Waals surface area (Å²) in [5.41, 5.74) is 1.62. The van der Waals surface area contributed by atoms with Gasteiger partial charge in [0.1, 0.15) is 0 Å². The van der Waals surface area contributed by atoms with Crippen molar-refractivity contribution in [2.45, 2.75) is 13.0 Å². The summed E-state index contributed by atoms with van der Waals surface area (Å²) in [7, 11) is 0. The number of nitrogens with one attached hydrogen (secondary N) is 2. The SMILES string of the molecule is CC(=O)Nc1cccc(NCC(O)CN2CCOCC2)c1. The summed E-state index contributed by atoms with van der Waals surface area (Å²) in [6.07, 6.45) is -0.437. The molecule has 0 spiro atoms. The van der Waals surface area contributed by atoms with Crippen LogP contribution in [0.4, 0.5) is 11.4 Å². The number of β-amino-alcohol motifs (C(OH)–C–C–N with tert-alkyl or cyclic N) is 1. The molecule has 1 aliphatic rings. The molecular formula is C15H23N3O3. The third kappa shape index (κ3) is 5.71. The highest BCUT2D eigenvalue weighted by molar-refractivity contribution is 5.89. The van der Waals surface area contributed by atoms with E-state index in [0.717, 1.165) is 37.7 Å². The number of benzene rings is 1. The van der Waals surface area contributed by atoms with Crippen molar-refractivity contribution in [3.05, 3.63) is 24.3 Å². The van der Waals surface area contributed by atoms with Crippen molar-refractivity contribution in [3.8, 4) is 0 Å². The van der Waals surface area contributed by atoms with Crippen LogP contribution in [0.15, 0.2) is 24.3 Å². The predicted octanol–water partition coefficient (Wildman–Crippen LogP) is 0.750. The minimum atomic E-state index is -0.437. The van der Waals surface area contributed by atoms with E-state index in [4.69, 9.17) is 4.74 Å². The highest BCUT2D eigenvalue weighted by atomic mass is 16.5. The highest BCUT2D eigenvalue weighted by Crippen LogP contribution is 2.15. The molecule has 1 aromatic carbocycles. The number of ether oxygens (including phenoxy) is 1. The Morgan fingerprint density at radius 1 is 1.38 bits per heavy atom. The van der Waals surface area contributed by atoms with Crippen LogP contribution in [0.1, 0.15) is 6.92 Å². The second-order valence-electron chi connectivity index (χ2n) is 5.21. The molecule has 1 aliphatic heterocycles. The van der Waals surface area contributed by atoms with Gasteiger partial charge in [0.05, 0.1) is 19.3 Å². The number of nitrogens with zero attached hydrogens (tertiary/aromatic N) is 1. The van der Waals surface area contributed by atoms with Crippen LogP contribution in [0.3, 0.4) is 0 Å². The quantitative estimate of drug-likeness (QED) is 0.722. The zero-order valence-corrected chi connectivity index (χ0v) is 12.3. The maximum Gasteiger partial charge on any atom is 0.221 e. The van der Waals surface area contributed by atoms with Gasteiger partial charge < -0.3 is 20.5 Å². The van der Waals surface area contributed by atoms with Gasteiger partial charge in [0, 0.05) is 44.5 Å². The lowest BCUT2D eigenvalue weighted by Gasteiger charge is -2.28. The number of carbonyl (C=O) groups excluding carboxylic acids is 1. The Morgan fingerprint density at radius 3 is 2.81 bits per heavy atom. The Balaban J connectivity index is 1.77. The number of hydrogen-bond donors (Lipinski definition) is 3. The molecule has 1 fully saturated rings. The Labute approximate surface area is 125 Å². The number of carbonyl (C=O) groups is 1. The number of anilines is 2. The molecule has 116 valence electrons. The van der Waals surface area contributed by atoms with Crippen LogP contribution in [0, 0.1) is 0 Å². The van der Waals surface area contributed by atoms with E-state index >= 15 is 0 Å². The average molecular weight is 293 g/mol. The van der Waals surface area contributed by atoms with Crippen molar-refractivity contribution in [1.29, 1.82) is 0 Å². The zero-order chi connectivity index (χ0) is 15.1. The fourth-order valence-corrected chi connectivity index (χ4v) is 2.29. The molecule has 1 heterocycles. The van der Waals surface area contributed by atoms with E-state index in [-0.39, 0.29) is 5.91 Å². The van der Waals surface area contributed by atoms with Gasteiger partial charge in [0.25, 0.3) is 0 Å². The minimum Gasteiger partial charge on any atom is -0.390 e. The van der Waals surface area contributed by atoms with Crippen LogP contribution >= 0.6 is 0 Å². The first-order valence-electron chi connectivity index (χ1n) is 7.23. The summed E-state index contributed by atoms with van der Waals surface area (Å²) in [6.45, 7) is 5.80. The average Bonchev–Trinajstić information content (AvgIpc) is 2.46. The first-order valence-corrected chi connectivity index (χ1v) is 7.23. The van der Waals surface area contributed by atoms with Gasteiger partial charge in [-0.3, -0.25) is 9.69 Å². The lowest BCUT2D eigenvalue weighted by atomic mass is 10.2. The number of aliphatic hydroxyl groups is 1. The Bertz CT molecular complexity index is 461. The monoisotopic (exact) mass is 293 g/mol. The van der Waals surface area contributed by atoms with Gasteiger partial charge in [-0.15, -0.1) is 0 Å². The summed E-state index contributed by atoms with van der Waals surface area (Å²) in [5.74, 6) is -0.0977. The molecule has 0 aromatic heterocycles. The zero-order valence-electron chi connectivity index (χ0n) is 12.3. The predicted molar refractivity (Wildman–Crippen MR) is 82.5 cm³/mol. The maximum absolute atomic E-state index is 11.0. The Kier molecular flexibility index (Phi) is 5.98. The molecule has 2 rings (SSSR count). The van der Waals surface area contributed by atoms with Gasteiger partial charge in [-0.1, -0.05) is 6.07 Å². The summed E-state index contributed by atoms with van der Waals surface area (Å²) >= 11 is 0. The second-order valence-corrected chi connectivity index (χ2v) is 5.21. The summed E-state index contributed by atoms with van der Waals surface area (Å²) in [5, 5.41) is 16.0. The summed E-state index contributed by atoms with van der Waals surface area (Å²) < 4.78 is 5.28. The van der Waals surface area contributed by atoms with E-state index in [1.807, 2.05) is 24.3 Å². The molecule has 1 aromatic rings.